The quantitative estimate of drug-likeness (QED) is 0.694. The van der Waals surface area contributed by atoms with Crippen LogP contribution in [-0.2, 0) is 11.2 Å². The predicted octanol–water partition coefficient (Wildman–Crippen LogP) is 3.13. The summed E-state index contributed by atoms with van der Waals surface area (Å²) in [6, 6.07) is 15.0. The van der Waals surface area contributed by atoms with Gasteiger partial charge in [0.2, 0.25) is 0 Å². The third kappa shape index (κ3) is 3.70. The van der Waals surface area contributed by atoms with E-state index in [2.05, 4.69) is 68.5 Å². The molecule has 1 aromatic heterocycles. The number of carbonyl (C=O) groups excluding carboxylic acids is 1. The number of hydrogen-bond donors (Lipinski definition) is 1. The fourth-order valence-corrected chi connectivity index (χ4v) is 4.00. The van der Waals surface area contributed by atoms with Crippen LogP contribution >= 0.6 is 0 Å². The molecular formula is C22H25N5O. The molecule has 6 heteroatoms. The van der Waals surface area contributed by atoms with Crippen LogP contribution in [0.1, 0.15) is 24.0 Å². The lowest BCUT2D eigenvalue weighted by molar-refractivity contribution is 0.222. The monoisotopic (exact) mass is 375 g/mol. The highest BCUT2D eigenvalue weighted by atomic mass is 16.1. The zero-order valence-electron chi connectivity index (χ0n) is 16.4. The van der Waals surface area contributed by atoms with Gasteiger partial charge in [-0.15, -0.1) is 5.10 Å². The summed E-state index contributed by atoms with van der Waals surface area (Å²) in [6.07, 6.45) is 2.74. The lowest BCUT2D eigenvalue weighted by Crippen LogP contribution is -2.43. The van der Waals surface area contributed by atoms with E-state index in [1.54, 1.807) is 0 Å². The molecule has 4 rings (SSSR count). The fraction of sp³-hybridized carbons (Fsp3) is 0.364. The number of nitrogens with zero attached hydrogens (tertiary/aromatic N) is 4. The summed E-state index contributed by atoms with van der Waals surface area (Å²) in [7, 11) is 2.15. The Kier molecular flexibility index (Phi) is 5.24. The molecule has 1 atom stereocenters. The molecule has 1 N–H and O–H groups in total. The topological polar surface area (TPSA) is 65.1 Å². The third-order valence-electron chi connectivity index (χ3n) is 5.70. The average Bonchev–Trinajstić information content (AvgIpc) is 3.21. The number of fused-ring (bicyclic) bond motifs is 1. The van der Waals surface area contributed by atoms with Crippen molar-refractivity contribution in [1.82, 2.24) is 20.3 Å². The van der Waals surface area contributed by atoms with Crippen molar-refractivity contribution in [2.24, 2.45) is 0 Å². The van der Waals surface area contributed by atoms with E-state index in [-0.39, 0.29) is 0 Å². The van der Waals surface area contributed by atoms with Gasteiger partial charge >= 0.3 is 0 Å². The van der Waals surface area contributed by atoms with Crippen LogP contribution in [0.25, 0.3) is 11.0 Å². The number of nitrogens with one attached hydrogen (secondary N) is 1. The van der Waals surface area contributed by atoms with Gasteiger partial charge in [-0.1, -0.05) is 35.5 Å². The molecule has 1 saturated heterocycles. The Morgan fingerprint density at radius 2 is 2.11 bits per heavy atom. The largest absolute Gasteiger partial charge is 0.336 e. The van der Waals surface area contributed by atoms with Crippen molar-refractivity contribution in [3.8, 4) is 0 Å². The van der Waals surface area contributed by atoms with Crippen molar-refractivity contribution >= 4 is 22.7 Å². The molecule has 3 aromatic rings. The van der Waals surface area contributed by atoms with E-state index in [1.165, 1.54) is 5.56 Å². The molecule has 0 saturated carbocycles. The molecule has 144 valence electrons. The molecule has 0 spiro atoms. The summed E-state index contributed by atoms with van der Waals surface area (Å²) < 4.78 is 0. The van der Waals surface area contributed by atoms with Crippen LogP contribution in [0.15, 0.2) is 48.2 Å². The van der Waals surface area contributed by atoms with Crippen LogP contribution < -0.4 is 4.90 Å². The van der Waals surface area contributed by atoms with Crippen LogP contribution in [-0.4, -0.2) is 52.4 Å². The standard InChI is InChI=1S/C22H25N5O/c1-16-12-19(14-21-22(16)24-25-23-21)27-11-9-18(13-20(27)15-28)26(2)10-8-17-6-4-3-5-7-17/h3-7,12,14,18H,8-11,13H2,1-2H3,(H,23,24,25). The Bertz CT molecular complexity index is 1010. The maximum Gasteiger partial charge on any atom is 0.146 e. The number of aromatic nitrogens is 3. The van der Waals surface area contributed by atoms with Crippen LogP contribution in [0.5, 0.6) is 0 Å². The van der Waals surface area contributed by atoms with E-state index in [1.807, 2.05) is 19.1 Å². The van der Waals surface area contributed by atoms with E-state index < -0.39 is 0 Å². The van der Waals surface area contributed by atoms with E-state index in [4.69, 9.17) is 0 Å². The van der Waals surface area contributed by atoms with Gasteiger partial charge in [-0.3, -0.25) is 5.10 Å². The predicted molar refractivity (Wildman–Crippen MR) is 111 cm³/mol. The summed E-state index contributed by atoms with van der Waals surface area (Å²) in [4.78, 5) is 16.2. The Hall–Kier alpha value is -2.95. The summed E-state index contributed by atoms with van der Waals surface area (Å²) in [5.74, 6) is 2.20. The highest BCUT2D eigenvalue weighted by molar-refractivity contribution is 5.83. The van der Waals surface area contributed by atoms with Gasteiger partial charge in [0.1, 0.15) is 17.2 Å². The number of aromatic amines is 1. The zero-order chi connectivity index (χ0) is 19.5. The molecule has 1 fully saturated rings. The van der Waals surface area contributed by atoms with Crippen LogP contribution in [0.3, 0.4) is 0 Å². The van der Waals surface area contributed by atoms with Gasteiger partial charge in [-0.25, -0.2) is 4.79 Å². The first-order valence-electron chi connectivity index (χ1n) is 9.73. The Morgan fingerprint density at radius 1 is 1.29 bits per heavy atom. The number of H-pyrrole nitrogens is 1. The number of rotatable bonds is 5. The fourth-order valence-electron chi connectivity index (χ4n) is 4.00. The van der Waals surface area contributed by atoms with Crippen LogP contribution in [0, 0.1) is 6.92 Å². The van der Waals surface area contributed by atoms with Crippen molar-refractivity contribution in [2.45, 2.75) is 32.2 Å². The Morgan fingerprint density at radius 3 is 2.89 bits per heavy atom. The Labute approximate surface area is 164 Å². The molecule has 0 bridgehead atoms. The Balaban J connectivity index is 1.45. The van der Waals surface area contributed by atoms with Crippen molar-refractivity contribution in [3.05, 3.63) is 59.3 Å². The second-order valence-corrected chi connectivity index (χ2v) is 7.53. The van der Waals surface area contributed by atoms with Crippen molar-refractivity contribution < 1.29 is 4.79 Å². The maximum absolute atomic E-state index is 11.7. The van der Waals surface area contributed by atoms with Gasteiger partial charge in [0.15, 0.2) is 0 Å². The second kappa shape index (κ2) is 7.97. The van der Waals surface area contributed by atoms with E-state index >= 15 is 0 Å². The lowest BCUT2D eigenvalue weighted by Gasteiger charge is -2.38. The first-order valence-corrected chi connectivity index (χ1v) is 9.73. The van der Waals surface area contributed by atoms with Gasteiger partial charge < -0.3 is 9.80 Å². The van der Waals surface area contributed by atoms with Gasteiger partial charge in [-0.05, 0) is 50.1 Å². The van der Waals surface area contributed by atoms with Crippen molar-refractivity contribution in [2.75, 3.05) is 25.0 Å². The maximum atomic E-state index is 11.7. The normalized spacial score (nSPS) is 17.3. The lowest BCUT2D eigenvalue weighted by atomic mass is 9.99. The van der Waals surface area contributed by atoms with Gasteiger partial charge in [0.25, 0.3) is 0 Å². The molecular weight excluding hydrogens is 350 g/mol. The summed E-state index contributed by atoms with van der Waals surface area (Å²) in [6.45, 7) is 3.80. The van der Waals surface area contributed by atoms with Gasteiger partial charge in [0, 0.05) is 31.2 Å². The number of anilines is 1. The van der Waals surface area contributed by atoms with E-state index in [0.29, 0.717) is 18.2 Å². The minimum Gasteiger partial charge on any atom is -0.336 e. The molecule has 0 amide bonds. The van der Waals surface area contributed by atoms with E-state index in [0.717, 1.165) is 48.2 Å². The molecule has 1 aliphatic heterocycles. The average molecular weight is 375 g/mol. The number of aryl methyl sites for hydroxylation is 1. The molecule has 6 nitrogen and oxygen atoms in total. The van der Waals surface area contributed by atoms with E-state index in [9.17, 15) is 4.79 Å². The van der Waals surface area contributed by atoms with Crippen LogP contribution in [0.4, 0.5) is 5.69 Å². The number of benzene rings is 2. The number of hydrogen-bond acceptors (Lipinski definition) is 5. The summed E-state index contributed by atoms with van der Waals surface area (Å²) in [5, 5.41) is 10.9. The first-order chi connectivity index (χ1) is 13.7. The molecule has 2 aromatic carbocycles. The number of piperidine rings is 1. The molecule has 0 radical (unpaired) electrons. The van der Waals surface area contributed by atoms with Gasteiger partial charge in [0.05, 0.1) is 5.52 Å². The summed E-state index contributed by atoms with van der Waals surface area (Å²) in [5.41, 5.74) is 5.87. The number of likely N-dealkylation sites (N-methyl/N-ethyl adjacent to an activating group) is 1. The zero-order valence-corrected chi connectivity index (χ0v) is 16.4. The van der Waals surface area contributed by atoms with Crippen molar-refractivity contribution in [1.29, 1.82) is 0 Å². The molecule has 28 heavy (non-hydrogen) atoms. The SMILES string of the molecule is Cc1cc(N2CCC(N(C)CCc3ccccc3)CC2=C=O)cc2[nH]nnc12. The molecule has 2 heterocycles. The second-order valence-electron chi connectivity index (χ2n) is 7.53. The minimum absolute atomic E-state index is 0.357. The molecule has 1 aliphatic rings. The van der Waals surface area contributed by atoms with Crippen LogP contribution in [0.2, 0.25) is 0 Å². The highest BCUT2D eigenvalue weighted by Gasteiger charge is 2.28. The minimum atomic E-state index is 0.357. The smallest absolute Gasteiger partial charge is 0.146 e. The van der Waals surface area contributed by atoms with Crippen molar-refractivity contribution in [3.63, 3.8) is 0 Å². The van der Waals surface area contributed by atoms with Gasteiger partial charge in [-0.2, -0.15) is 0 Å². The third-order valence-corrected chi connectivity index (χ3v) is 5.70. The summed E-state index contributed by atoms with van der Waals surface area (Å²) >= 11 is 0. The highest BCUT2D eigenvalue weighted by Crippen LogP contribution is 2.31. The molecule has 0 aliphatic carbocycles. The molecule has 1 unspecified atom stereocenters. The first kappa shape index (κ1) is 18.4.